The van der Waals surface area contributed by atoms with Crippen LogP contribution in [0.5, 0.6) is 0 Å². The molecule has 6 heteroatoms. The molecular weight excluding hydrogens is 234 g/mol. The van der Waals surface area contributed by atoms with Crippen LogP contribution in [0.3, 0.4) is 0 Å². The average Bonchev–Trinajstić information content (AvgIpc) is 2.34. The number of carbonyl (C=O) groups is 2. The molecule has 0 aliphatic heterocycles. The molecule has 0 aliphatic carbocycles. The number of carbonyl (C=O) groups excluding carboxylic acids is 1. The highest BCUT2D eigenvalue weighted by Crippen LogP contribution is 2.04. The molecule has 0 bridgehead atoms. The van der Waals surface area contributed by atoms with Crippen LogP contribution >= 0.6 is 0 Å². The normalized spacial score (nSPS) is 11.9. The van der Waals surface area contributed by atoms with Crippen molar-refractivity contribution in [2.24, 2.45) is 5.73 Å². The third kappa shape index (κ3) is 4.50. The van der Waals surface area contributed by atoms with Crippen LogP contribution < -0.4 is 11.1 Å². The third-order valence-corrected chi connectivity index (χ3v) is 2.60. The molecule has 98 valence electrons. The Morgan fingerprint density at radius 2 is 2.28 bits per heavy atom. The Labute approximate surface area is 105 Å². The lowest BCUT2D eigenvalue weighted by atomic mass is 10.1. The average molecular weight is 251 g/mol. The topological polar surface area (TPSA) is 105 Å². The lowest BCUT2D eigenvalue weighted by Gasteiger charge is -2.12. The molecule has 4 N–H and O–H groups in total. The van der Waals surface area contributed by atoms with E-state index in [2.05, 4.69) is 10.3 Å². The SMILES string of the molecule is Cc1cnccc1CNC(=O)C(N)CCC(=O)O. The van der Waals surface area contributed by atoms with E-state index in [1.165, 1.54) is 0 Å². The molecule has 0 aliphatic rings. The Morgan fingerprint density at radius 1 is 1.56 bits per heavy atom. The summed E-state index contributed by atoms with van der Waals surface area (Å²) in [4.78, 5) is 25.9. The zero-order chi connectivity index (χ0) is 13.5. The molecule has 6 nitrogen and oxygen atoms in total. The van der Waals surface area contributed by atoms with Crippen molar-refractivity contribution in [2.75, 3.05) is 0 Å². The summed E-state index contributed by atoms with van der Waals surface area (Å²) < 4.78 is 0. The maximum atomic E-state index is 11.6. The first-order chi connectivity index (χ1) is 8.50. The fraction of sp³-hybridized carbons (Fsp3) is 0.417. The van der Waals surface area contributed by atoms with Gasteiger partial charge in [0.15, 0.2) is 0 Å². The van der Waals surface area contributed by atoms with E-state index in [4.69, 9.17) is 10.8 Å². The first-order valence-corrected chi connectivity index (χ1v) is 5.65. The number of aliphatic carboxylic acids is 1. The van der Waals surface area contributed by atoms with Crippen LogP contribution in [0.4, 0.5) is 0 Å². The molecule has 1 aromatic heterocycles. The Hall–Kier alpha value is -1.95. The highest BCUT2D eigenvalue weighted by Gasteiger charge is 2.14. The van der Waals surface area contributed by atoms with E-state index in [1.54, 1.807) is 12.4 Å². The number of aryl methyl sites for hydroxylation is 1. The number of amides is 1. The second kappa shape index (κ2) is 6.70. The Balaban J connectivity index is 2.41. The van der Waals surface area contributed by atoms with Gasteiger partial charge in [0.2, 0.25) is 5.91 Å². The number of aromatic nitrogens is 1. The van der Waals surface area contributed by atoms with Crippen LogP contribution in [0, 0.1) is 6.92 Å². The number of carboxylic acids is 1. The van der Waals surface area contributed by atoms with Crippen LogP contribution in [0.2, 0.25) is 0 Å². The standard InChI is InChI=1S/C12H17N3O3/c1-8-6-14-5-4-9(8)7-15-12(18)10(13)2-3-11(16)17/h4-6,10H,2-3,7,13H2,1H3,(H,15,18)(H,16,17). The minimum Gasteiger partial charge on any atom is -0.481 e. The molecule has 1 rings (SSSR count). The Bertz CT molecular complexity index is 434. The van der Waals surface area contributed by atoms with E-state index >= 15 is 0 Å². The number of carboxylic acid groups (broad SMARTS) is 1. The van der Waals surface area contributed by atoms with E-state index in [9.17, 15) is 9.59 Å². The second-order valence-electron chi connectivity index (χ2n) is 4.06. The van der Waals surface area contributed by atoms with Gasteiger partial charge in [0.05, 0.1) is 6.04 Å². The molecule has 0 fully saturated rings. The van der Waals surface area contributed by atoms with Crippen LogP contribution in [0.1, 0.15) is 24.0 Å². The van der Waals surface area contributed by atoms with Gasteiger partial charge in [-0.15, -0.1) is 0 Å². The van der Waals surface area contributed by atoms with Gasteiger partial charge in [0.25, 0.3) is 0 Å². The first-order valence-electron chi connectivity index (χ1n) is 5.65. The molecule has 0 saturated carbocycles. The predicted octanol–water partition coefficient (Wildman–Crippen LogP) is 0.198. The first kappa shape index (κ1) is 14.1. The van der Waals surface area contributed by atoms with Crippen molar-refractivity contribution in [1.29, 1.82) is 0 Å². The van der Waals surface area contributed by atoms with E-state index in [-0.39, 0.29) is 18.7 Å². The molecule has 0 radical (unpaired) electrons. The van der Waals surface area contributed by atoms with Gasteiger partial charge in [-0.1, -0.05) is 0 Å². The highest BCUT2D eigenvalue weighted by molar-refractivity contribution is 5.82. The summed E-state index contributed by atoms with van der Waals surface area (Å²) in [7, 11) is 0. The molecule has 0 spiro atoms. The van der Waals surface area contributed by atoms with Crippen LogP contribution in [0.25, 0.3) is 0 Å². The number of hydrogen-bond donors (Lipinski definition) is 3. The van der Waals surface area contributed by atoms with Gasteiger partial charge in [-0.25, -0.2) is 0 Å². The summed E-state index contributed by atoms with van der Waals surface area (Å²) in [6.45, 7) is 2.27. The van der Waals surface area contributed by atoms with Crippen molar-refractivity contribution < 1.29 is 14.7 Å². The second-order valence-corrected chi connectivity index (χ2v) is 4.06. The number of pyridine rings is 1. The van der Waals surface area contributed by atoms with Gasteiger partial charge in [0, 0.05) is 25.4 Å². The van der Waals surface area contributed by atoms with Crippen molar-refractivity contribution in [3.05, 3.63) is 29.6 Å². The molecule has 1 atom stereocenters. The van der Waals surface area contributed by atoms with E-state index < -0.39 is 12.0 Å². The number of nitrogens with zero attached hydrogens (tertiary/aromatic N) is 1. The lowest BCUT2D eigenvalue weighted by Crippen LogP contribution is -2.40. The molecule has 0 saturated heterocycles. The fourth-order valence-corrected chi connectivity index (χ4v) is 1.42. The van der Waals surface area contributed by atoms with Crippen LogP contribution in [0.15, 0.2) is 18.5 Å². The largest absolute Gasteiger partial charge is 0.481 e. The van der Waals surface area contributed by atoms with Crippen LogP contribution in [-0.2, 0) is 16.1 Å². The maximum Gasteiger partial charge on any atom is 0.303 e. The fourth-order valence-electron chi connectivity index (χ4n) is 1.42. The summed E-state index contributed by atoms with van der Waals surface area (Å²) in [5.74, 6) is -1.30. The maximum absolute atomic E-state index is 11.6. The highest BCUT2D eigenvalue weighted by atomic mass is 16.4. The smallest absolute Gasteiger partial charge is 0.303 e. The number of rotatable bonds is 6. The molecule has 1 aromatic rings. The third-order valence-electron chi connectivity index (χ3n) is 2.60. The molecule has 0 aromatic carbocycles. The van der Waals surface area contributed by atoms with Gasteiger partial charge < -0.3 is 16.2 Å². The molecule has 18 heavy (non-hydrogen) atoms. The van der Waals surface area contributed by atoms with E-state index in [0.717, 1.165) is 11.1 Å². The van der Waals surface area contributed by atoms with Gasteiger partial charge in [-0.05, 0) is 30.5 Å². The van der Waals surface area contributed by atoms with E-state index in [0.29, 0.717) is 6.54 Å². The van der Waals surface area contributed by atoms with Gasteiger partial charge in [-0.2, -0.15) is 0 Å². The summed E-state index contributed by atoms with van der Waals surface area (Å²) >= 11 is 0. The van der Waals surface area contributed by atoms with Crippen molar-refractivity contribution in [3.8, 4) is 0 Å². The zero-order valence-electron chi connectivity index (χ0n) is 10.2. The van der Waals surface area contributed by atoms with Crippen molar-refractivity contribution in [3.63, 3.8) is 0 Å². The molecule has 1 amide bonds. The van der Waals surface area contributed by atoms with Gasteiger partial charge in [0.1, 0.15) is 0 Å². The summed E-state index contributed by atoms with van der Waals surface area (Å²) in [5, 5.41) is 11.2. The monoisotopic (exact) mass is 251 g/mol. The summed E-state index contributed by atoms with van der Waals surface area (Å²) in [5.41, 5.74) is 7.53. The number of nitrogens with one attached hydrogen (secondary N) is 1. The summed E-state index contributed by atoms with van der Waals surface area (Å²) in [6.07, 6.45) is 3.39. The van der Waals surface area contributed by atoms with Gasteiger partial charge in [-0.3, -0.25) is 14.6 Å². The Kier molecular flexibility index (Phi) is 5.26. The molecular formula is C12H17N3O3. The predicted molar refractivity (Wildman–Crippen MR) is 65.7 cm³/mol. The molecule has 1 unspecified atom stereocenters. The van der Waals surface area contributed by atoms with Crippen LogP contribution in [-0.4, -0.2) is 28.0 Å². The van der Waals surface area contributed by atoms with Gasteiger partial charge >= 0.3 is 5.97 Å². The number of hydrogen-bond acceptors (Lipinski definition) is 4. The quantitative estimate of drug-likeness (QED) is 0.669. The lowest BCUT2D eigenvalue weighted by molar-refractivity contribution is -0.137. The van der Waals surface area contributed by atoms with Crippen molar-refractivity contribution in [1.82, 2.24) is 10.3 Å². The number of nitrogens with two attached hydrogens (primary N) is 1. The molecule has 1 heterocycles. The summed E-state index contributed by atoms with van der Waals surface area (Å²) in [6, 6.07) is 1.03. The Morgan fingerprint density at radius 3 is 2.89 bits per heavy atom. The zero-order valence-corrected chi connectivity index (χ0v) is 10.2. The minimum absolute atomic E-state index is 0.108. The minimum atomic E-state index is -0.955. The van der Waals surface area contributed by atoms with Crippen molar-refractivity contribution in [2.45, 2.75) is 32.4 Å². The van der Waals surface area contributed by atoms with E-state index in [1.807, 2.05) is 13.0 Å². The van der Waals surface area contributed by atoms with Crippen molar-refractivity contribution >= 4 is 11.9 Å².